The number of hydrogen-bond donors (Lipinski definition) is 0. The van der Waals surface area contributed by atoms with Gasteiger partial charge in [-0.15, -0.1) is 0 Å². The summed E-state index contributed by atoms with van der Waals surface area (Å²) >= 11 is 0. The van der Waals surface area contributed by atoms with Crippen LogP contribution < -0.4 is 0 Å². The van der Waals surface area contributed by atoms with E-state index in [2.05, 4.69) is 19.9 Å². The molecule has 0 heterocycles. The summed E-state index contributed by atoms with van der Waals surface area (Å²) in [5, 5.41) is 0. The number of hydrogen-bond acceptors (Lipinski definition) is 1. The Balaban J connectivity index is 1.97. The Bertz CT molecular complexity index is 364. The van der Waals surface area contributed by atoms with Gasteiger partial charge < -0.3 is 0 Å². The largest absolute Gasteiger partial charge is 0.299 e. The van der Waals surface area contributed by atoms with Crippen molar-refractivity contribution in [3.63, 3.8) is 0 Å². The molecule has 3 aliphatic rings. The van der Waals surface area contributed by atoms with Crippen molar-refractivity contribution in [2.24, 2.45) is 23.2 Å². The zero-order valence-corrected chi connectivity index (χ0v) is 11.2. The zero-order chi connectivity index (χ0) is 12.0. The first-order valence-electron chi connectivity index (χ1n) is 7.31. The van der Waals surface area contributed by atoms with Crippen molar-refractivity contribution in [3.05, 3.63) is 11.6 Å². The highest BCUT2D eigenvalue weighted by Crippen LogP contribution is 2.49. The second-order valence-corrected chi connectivity index (χ2v) is 6.92. The summed E-state index contributed by atoms with van der Waals surface area (Å²) in [4.78, 5) is 12.8. The predicted octanol–water partition coefficient (Wildman–Crippen LogP) is 4.13. The Morgan fingerprint density at radius 2 is 2.06 bits per heavy atom. The van der Waals surface area contributed by atoms with Gasteiger partial charge in [0, 0.05) is 11.3 Å². The van der Waals surface area contributed by atoms with Gasteiger partial charge in [0.15, 0.2) is 0 Å². The van der Waals surface area contributed by atoms with Crippen LogP contribution in [-0.4, -0.2) is 5.78 Å². The number of rotatable bonds is 0. The number of carbonyl (C=O) groups excluding carboxylic acids is 1. The summed E-state index contributed by atoms with van der Waals surface area (Å²) in [6.45, 7) is 4.42. The normalized spacial score (nSPS) is 40.2. The van der Waals surface area contributed by atoms with Crippen molar-refractivity contribution in [3.8, 4) is 0 Å². The van der Waals surface area contributed by atoms with Gasteiger partial charge in [-0.1, -0.05) is 31.9 Å². The minimum Gasteiger partial charge on any atom is -0.299 e. The number of allylic oxidation sites excluding steroid dienone is 2. The van der Waals surface area contributed by atoms with Gasteiger partial charge >= 0.3 is 0 Å². The molecule has 2 fully saturated rings. The average Bonchev–Trinajstić information content (AvgIpc) is 2.93. The minimum atomic E-state index is -0.0762. The van der Waals surface area contributed by atoms with Crippen LogP contribution in [0.5, 0.6) is 0 Å². The highest BCUT2D eigenvalue weighted by atomic mass is 16.1. The van der Waals surface area contributed by atoms with Crippen LogP contribution in [0.15, 0.2) is 11.6 Å². The summed E-state index contributed by atoms with van der Waals surface area (Å²) in [6.07, 6.45) is 11.0. The van der Waals surface area contributed by atoms with Crippen LogP contribution >= 0.6 is 0 Å². The smallest absolute Gasteiger partial charge is 0.142 e. The van der Waals surface area contributed by atoms with Gasteiger partial charge in [-0.25, -0.2) is 0 Å². The molecule has 2 unspecified atom stereocenters. The van der Waals surface area contributed by atoms with E-state index in [9.17, 15) is 4.79 Å². The van der Waals surface area contributed by atoms with E-state index >= 15 is 0 Å². The molecule has 0 aromatic rings. The molecule has 0 aromatic heterocycles. The van der Waals surface area contributed by atoms with E-state index in [-0.39, 0.29) is 5.41 Å². The second kappa shape index (κ2) is 3.96. The topological polar surface area (TPSA) is 17.1 Å². The molecule has 0 radical (unpaired) electrons. The molecule has 3 rings (SSSR count). The second-order valence-electron chi connectivity index (χ2n) is 6.92. The maximum atomic E-state index is 12.8. The van der Waals surface area contributed by atoms with E-state index in [0.717, 1.165) is 6.42 Å². The SMILES string of the molecule is CC1(C)C(=O)C2CCCC2CC=C2CC[C@H]1C2. The minimum absolute atomic E-state index is 0.0762. The first-order chi connectivity index (χ1) is 8.09. The molecular formula is C16H24O. The Morgan fingerprint density at radius 3 is 2.88 bits per heavy atom. The van der Waals surface area contributed by atoms with Crippen molar-refractivity contribution >= 4 is 5.78 Å². The lowest BCUT2D eigenvalue weighted by molar-refractivity contribution is -0.135. The number of fused-ring (bicyclic) bond motifs is 3. The maximum Gasteiger partial charge on any atom is 0.142 e. The van der Waals surface area contributed by atoms with E-state index in [1.165, 1.54) is 38.5 Å². The van der Waals surface area contributed by atoms with Gasteiger partial charge in [-0.3, -0.25) is 4.79 Å². The molecule has 3 atom stereocenters. The molecule has 0 aliphatic heterocycles. The van der Waals surface area contributed by atoms with Gasteiger partial charge in [-0.2, -0.15) is 0 Å². The molecule has 1 heteroatoms. The van der Waals surface area contributed by atoms with Crippen molar-refractivity contribution in [2.75, 3.05) is 0 Å². The molecule has 0 N–H and O–H groups in total. The van der Waals surface area contributed by atoms with E-state index < -0.39 is 0 Å². The third kappa shape index (κ3) is 1.78. The molecule has 17 heavy (non-hydrogen) atoms. The lowest BCUT2D eigenvalue weighted by Gasteiger charge is -2.33. The third-order valence-corrected chi connectivity index (χ3v) is 5.68. The summed E-state index contributed by atoms with van der Waals surface area (Å²) in [5.41, 5.74) is 1.57. The molecule has 94 valence electrons. The predicted molar refractivity (Wildman–Crippen MR) is 69.7 cm³/mol. The quantitative estimate of drug-likeness (QED) is 0.574. The first kappa shape index (κ1) is 11.5. The van der Waals surface area contributed by atoms with Crippen LogP contribution in [0.2, 0.25) is 0 Å². The highest BCUT2D eigenvalue weighted by Gasteiger charge is 2.46. The molecule has 2 saturated carbocycles. The maximum absolute atomic E-state index is 12.8. The summed E-state index contributed by atoms with van der Waals surface area (Å²) in [7, 11) is 0. The Hall–Kier alpha value is -0.590. The van der Waals surface area contributed by atoms with Crippen LogP contribution in [0.3, 0.4) is 0 Å². The van der Waals surface area contributed by atoms with Crippen molar-refractivity contribution in [1.82, 2.24) is 0 Å². The molecule has 0 spiro atoms. The highest BCUT2D eigenvalue weighted by molar-refractivity contribution is 5.87. The molecule has 0 amide bonds. The average molecular weight is 232 g/mol. The van der Waals surface area contributed by atoms with E-state index in [1.54, 1.807) is 5.57 Å². The molecule has 3 aliphatic carbocycles. The van der Waals surface area contributed by atoms with E-state index in [0.29, 0.717) is 23.5 Å². The van der Waals surface area contributed by atoms with Gasteiger partial charge in [-0.05, 0) is 50.4 Å². The molecule has 2 bridgehead atoms. The lowest BCUT2D eigenvalue weighted by atomic mass is 9.69. The van der Waals surface area contributed by atoms with Gasteiger partial charge in [0.2, 0.25) is 0 Å². The fourth-order valence-corrected chi connectivity index (χ4v) is 4.34. The van der Waals surface area contributed by atoms with Crippen molar-refractivity contribution in [1.29, 1.82) is 0 Å². The zero-order valence-electron chi connectivity index (χ0n) is 11.2. The van der Waals surface area contributed by atoms with E-state index in [1.807, 2.05) is 0 Å². The lowest BCUT2D eigenvalue weighted by Crippen LogP contribution is -2.37. The monoisotopic (exact) mass is 232 g/mol. The van der Waals surface area contributed by atoms with Crippen LogP contribution in [0.25, 0.3) is 0 Å². The van der Waals surface area contributed by atoms with Crippen molar-refractivity contribution < 1.29 is 4.79 Å². The third-order valence-electron chi connectivity index (χ3n) is 5.68. The van der Waals surface area contributed by atoms with Crippen LogP contribution in [-0.2, 0) is 4.79 Å². The van der Waals surface area contributed by atoms with Crippen LogP contribution in [0.1, 0.15) is 58.8 Å². The Kier molecular flexibility index (Phi) is 2.68. The summed E-state index contributed by atoms with van der Waals surface area (Å²) in [5.74, 6) is 2.23. The molecular weight excluding hydrogens is 208 g/mol. The number of carbonyl (C=O) groups is 1. The molecule has 0 aromatic carbocycles. The standard InChI is InChI=1S/C16H24O/c1-16(2)13-9-7-11(10-13)6-8-12-4-3-5-14(12)15(16)17/h6,12-14H,3-5,7-10H2,1-2H3/t12?,13-,14?/m0/s1. The van der Waals surface area contributed by atoms with E-state index in [4.69, 9.17) is 0 Å². The van der Waals surface area contributed by atoms with Gasteiger partial charge in [0.05, 0.1) is 0 Å². The fourth-order valence-electron chi connectivity index (χ4n) is 4.34. The van der Waals surface area contributed by atoms with Crippen LogP contribution in [0, 0.1) is 23.2 Å². The number of ketones is 1. The summed E-state index contributed by atoms with van der Waals surface area (Å²) in [6, 6.07) is 0. The Morgan fingerprint density at radius 1 is 1.24 bits per heavy atom. The van der Waals surface area contributed by atoms with Gasteiger partial charge in [0.1, 0.15) is 5.78 Å². The Labute approximate surface area is 105 Å². The fraction of sp³-hybridized carbons (Fsp3) is 0.812. The summed E-state index contributed by atoms with van der Waals surface area (Å²) < 4.78 is 0. The first-order valence-corrected chi connectivity index (χ1v) is 7.31. The number of Topliss-reactive ketones (excluding diaryl/α,β-unsaturated/α-hetero) is 1. The van der Waals surface area contributed by atoms with Gasteiger partial charge in [0.25, 0.3) is 0 Å². The van der Waals surface area contributed by atoms with Crippen LogP contribution in [0.4, 0.5) is 0 Å². The molecule has 0 saturated heterocycles. The van der Waals surface area contributed by atoms with Crippen molar-refractivity contribution in [2.45, 2.75) is 58.8 Å². The molecule has 1 nitrogen and oxygen atoms in total.